The maximum atomic E-state index is 14.5. The molecular weight excluding hydrogens is 544 g/mol. The van der Waals surface area contributed by atoms with E-state index in [2.05, 4.69) is 56.4 Å². The highest BCUT2D eigenvalue weighted by Gasteiger charge is 2.19. The summed E-state index contributed by atoms with van der Waals surface area (Å²) in [5.74, 6) is -2.68. The molecule has 7 heteroatoms. The third-order valence-electron chi connectivity index (χ3n) is 6.73. The van der Waals surface area contributed by atoms with Crippen LogP contribution >= 0.6 is 0 Å². The number of nitrogens with zero attached hydrogens (tertiary/aromatic N) is 3. The summed E-state index contributed by atoms with van der Waals surface area (Å²) in [5.41, 5.74) is 3.55. The van der Waals surface area contributed by atoms with Gasteiger partial charge in [-0.1, -0.05) is 87.4 Å². The average Bonchev–Trinajstić information content (AvgIpc) is 3.35. The topological polar surface area (TPSA) is 68.0 Å². The molecule has 5 nitrogen and oxygen atoms in total. The molecule has 0 saturated heterocycles. The Morgan fingerprint density at radius 2 is 1.53 bits per heavy atom. The number of carbonyl (C=O) groups is 1. The molecule has 0 fully saturated rings. The zero-order chi connectivity index (χ0) is 33.3. The standard InChI is InChI=1S/C22H27F2N3O.C9H14.C5H12O/c1-6-9-16(10-7-2)27-20(8-3)19(25-26-27)13-14(4)17-11-12-18(15(5)28)22(24)21(17)23;1-5-9(4)7-6-8(2)3;1-4-5(2,3)6/h8,11-13,16H,3,6-7,9-10H2,1-2,4-5H3;5-7H,2H2,1,3-4H3;6H,4H2,1-3H3/b14-13+;7-6-,9-5-;. The van der Waals surface area contributed by atoms with Crippen LogP contribution in [0.15, 0.2) is 54.7 Å². The van der Waals surface area contributed by atoms with Crippen LogP contribution in [0.25, 0.3) is 17.7 Å². The minimum absolute atomic E-state index is 0.0886. The Morgan fingerprint density at radius 3 is 1.95 bits per heavy atom. The minimum Gasteiger partial charge on any atom is -0.390 e. The third-order valence-corrected chi connectivity index (χ3v) is 6.73. The van der Waals surface area contributed by atoms with Crippen LogP contribution in [0.4, 0.5) is 8.78 Å². The van der Waals surface area contributed by atoms with Gasteiger partial charge < -0.3 is 5.11 Å². The molecule has 0 spiro atoms. The van der Waals surface area contributed by atoms with Crippen molar-refractivity contribution in [2.24, 2.45) is 0 Å². The Labute approximate surface area is 258 Å². The second-order valence-corrected chi connectivity index (χ2v) is 11.3. The molecule has 0 aliphatic rings. The lowest BCUT2D eigenvalue weighted by molar-refractivity contribution is 0.0764. The molecule has 0 bridgehead atoms. The molecule has 238 valence electrons. The number of hydrogen-bond acceptors (Lipinski definition) is 4. The fourth-order valence-electron chi connectivity index (χ4n) is 3.72. The number of aromatic nitrogens is 3. The monoisotopic (exact) mass is 597 g/mol. The Balaban J connectivity index is 0.000000968. The first-order valence-corrected chi connectivity index (χ1v) is 15.0. The Kier molecular flexibility index (Phi) is 18.1. The molecule has 1 aromatic heterocycles. The number of rotatable bonds is 12. The molecule has 0 amide bonds. The predicted octanol–water partition coefficient (Wildman–Crippen LogP) is 10.4. The Hall–Kier alpha value is -3.45. The van der Waals surface area contributed by atoms with Gasteiger partial charge in [0, 0.05) is 5.56 Å². The largest absolute Gasteiger partial charge is 0.390 e. The normalized spacial score (nSPS) is 12.0. The minimum atomic E-state index is -1.13. The summed E-state index contributed by atoms with van der Waals surface area (Å²) >= 11 is 0. The maximum absolute atomic E-state index is 14.5. The van der Waals surface area contributed by atoms with Crippen molar-refractivity contribution in [2.75, 3.05) is 0 Å². The van der Waals surface area contributed by atoms with E-state index in [0.717, 1.165) is 43.4 Å². The second kappa shape index (κ2) is 19.7. The van der Waals surface area contributed by atoms with E-state index in [1.54, 1.807) is 32.9 Å². The molecule has 2 aromatic rings. The van der Waals surface area contributed by atoms with Gasteiger partial charge >= 0.3 is 0 Å². The van der Waals surface area contributed by atoms with E-state index in [1.165, 1.54) is 24.6 Å². The van der Waals surface area contributed by atoms with Crippen molar-refractivity contribution in [1.82, 2.24) is 15.0 Å². The van der Waals surface area contributed by atoms with Gasteiger partial charge in [-0.25, -0.2) is 13.5 Å². The van der Waals surface area contributed by atoms with Crippen LogP contribution in [0.1, 0.15) is 135 Å². The number of allylic oxidation sites excluding steroid dienone is 6. The predicted molar refractivity (Wildman–Crippen MR) is 179 cm³/mol. The lowest BCUT2D eigenvalue weighted by Gasteiger charge is -2.17. The zero-order valence-corrected chi connectivity index (χ0v) is 28.0. The Morgan fingerprint density at radius 1 is 1.02 bits per heavy atom. The van der Waals surface area contributed by atoms with Crippen molar-refractivity contribution >= 4 is 23.5 Å². The number of carbonyl (C=O) groups excluding carboxylic acids is 1. The second-order valence-electron chi connectivity index (χ2n) is 11.3. The highest BCUT2D eigenvalue weighted by Crippen LogP contribution is 2.27. The summed E-state index contributed by atoms with van der Waals surface area (Å²) in [4.78, 5) is 11.4. The van der Waals surface area contributed by atoms with E-state index >= 15 is 0 Å². The van der Waals surface area contributed by atoms with Crippen LogP contribution in [0.3, 0.4) is 0 Å². The number of Topliss-reactive ketones (excluding diaryl/α,β-unsaturated/α-hetero) is 1. The van der Waals surface area contributed by atoms with Gasteiger partial charge in [0.1, 0.15) is 5.69 Å². The van der Waals surface area contributed by atoms with Crippen LogP contribution in [-0.2, 0) is 0 Å². The van der Waals surface area contributed by atoms with E-state index in [4.69, 9.17) is 5.11 Å². The molecule has 0 radical (unpaired) electrons. The van der Waals surface area contributed by atoms with Gasteiger partial charge in [-0.3, -0.25) is 4.79 Å². The lowest BCUT2D eigenvalue weighted by Crippen LogP contribution is -2.15. The van der Waals surface area contributed by atoms with Crippen LogP contribution in [0.5, 0.6) is 0 Å². The number of aliphatic hydroxyl groups is 1. The van der Waals surface area contributed by atoms with Crippen molar-refractivity contribution in [2.45, 2.75) is 113 Å². The summed E-state index contributed by atoms with van der Waals surface area (Å²) in [6.45, 7) is 26.4. The average molecular weight is 598 g/mol. The quantitative estimate of drug-likeness (QED) is 0.195. The molecule has 0 unspecified atom stereocenters. The van der Waals surface area contributed by atoms with E-state index in [-0.39, 0.29) is 17.2 Å². The molecule has 1 heterocycles. The summed E-state index contributed by atoms with van der Waals surface area (Å²) in [5, 5.41) is 17.3. The molecule has 0 aliphatic heterocycles. The van der Waals surface area contributed by atoms with Crippen molar-refractivity contribution in [3.8, 4) is 0 Å². The summed E-state index contributed by atoms with van der Waals surface area (Å²) < 4.78 is 30.5. The molecule has 2 rings (SSSR count). The van der Waals surface area contributed by atoms with Gasteiger partial charge in [-0.2, -0.15) is 0 Å². The lowest BCUT2D eigenvalue weighted by atomic mass is 10.0. The molecule has 0 saturated carbocycles. The zero-order valence-electron chi connectivity index (χ0n) is 28.0. The van der Waals surface area contributed by atoms with Gasteiger partial charge in [0.15, 0.2) is 17.4 Å². The first kappa shape index (κ1) is 39.5. The molecule has 0 aliphatic carbocycles. The maximum Gasteiger partial charge on any atom is 0.170 e. The van der Waals surface area contributed by atoms with Gasteiger partial charge in [0.2, 0.25) is 0 Å². The van der Waals surface area contributed by atoms with E-state index < -0.39 is 23.0 Å². The van der Waals surface area contributed by atoms with Crippen LogP contribution in [0.2, 0.25) is 0 Å². The van der Waals surface area contributed by atoms with Crippen LogP contribution in [0, 0.1) is 11.6 Å². The van der Waals surface area contributed by atoms with E-state index in [0.29, 0.717) is 11.3 Å². The first-order valence-electron chi connectivity index (χ1n) is 15.0. The van der Waals surface area contributed by atoms with Crippen molar-refractivity contribution < 1.29 is 18.7 Å². The van der Waals surface area contributed by atoms with Gasteiger partial charge in [-0.05, 0) is 91.5 Å². The summed E-state index contributed by atoms with van der Waals surface area (Å²) in [7, 11) is 0. The molecule has 1 N–H and O–H groups in total. The fraction of sp³-hybridized carbons (Fsp3) is 0.472. The Bertz CT molecular complexity index is 1290. The highest BCUT2D eigenvalue weighted by atomic mass is 19.2. The molecular formula is C36H53F2N3O2. The number of halogens is 2. The molecule has 0 atom stereocenters. The number of benzene rings is 1. The molecule has 1 aromatic carbocycles. The fourth-order valence-corrected chi connectivity index (χ4v) is 3.72. The van der Waals surface area contributed by atoms with Crippen LogP contribution in [-0.4, -0.2) is 31.5 Å². The van der Waals surface area contributed by atoms with Crippen molar-refractivity contribution in [3.05, 3.63) is 88.8 Å². The number of hydrogen-bond donors (Lipinski definition) is 1. The molecule has 43 heavy (non-hydrogen) atoms. The van der Waals surface area contributed by atoms with E-state index in [9.17, 15) is 13.6 Å². The van der Waals surface area contributed by atoms with Crippen molar-refractivity contribution in [1.29, 1.82) is 0 Å². The smallest absolute Gasteiger partial charge is 0.170 e. The van der Waals surface area contributed by atoms with E-state index in [1.807, 2.05) is 31.5 Å². The highest BCUT2D eigenvalue weighted by molar-refractivity contribution is 5.95. The van der Waals surface area contributed by atoms with Crippen LogP contribution < -0.4 is 0 Å². The van der Waals surface area contributed by atoms with Gasteiger partial charge in [-0.15, -0.1) is 5.10 Å². The van der Waals surface area contributed by atoms with Gasteiger partial charge in [0.05, 0.1) is 22.9 Å². The summed E-state index contributed by atoms with van der Waals surface area (Å²) in [6, 6.07) is 2.94. The SMILES string of the molecule is C=C(C)/C=C\C(C)=C/C.C=Cc1c(/C=C(\C)c2ccc(C(C)=O)c(F)c2F)nnn1C(CCC)CCC.CCC(C)(C)O. The third kappa shape index (κ3) is 14.0. The van der Waals surface area contributed by atoms with Crippen molar-refractivity contribution in [3.63, 3.8) is 0 Å². The first-order chi connectivity index (χ1) is 20.1. The number of ketones is 1. The summed E-state index contributed by atoms with van der Waals surface area (Å²) in [6.07, 6.45) is 14.3. The van der Waals surface area contributed by atoms with Gasteiger partial charge in [0.25, 0.3) is 0 Å².